The minimum Gasteiger partial charge on any atom is -0.477 e. The molecule has 136 valence electrons. The number of nitrogens with zero attached hydrogens (tertiary/aromatic N) is 2. The van der Waals surface area contributed by atoms with Crippen molar-refractivity contribution < 1.29 is 24.0 Å². The molecule has 2 rings (SSSR count). The maximum Gasteiger partial charge on any atom is 0.344 e. The van der Waals surface area contributed by atoms with E-state index in [0.29, 0.717) is 12.2 Å². The first-order valence-electron chi connectivity index (χ1n) is 7.72. The average Bonchev–Trinajstić information content (AvgIpc) is 2.62. The minimum absolute atomic E-state index is 0.105. The molecule has 0 saturated heterocycles. The second-order valence-corrected chi connectivity index (χ2v) is 5.12. The van der Waals surface area contributed by atoms with Crippen molar-refractivity contribution in [2.24, 2.45) is 0 Å². The van der Waals surface area contributed by atoms with E-state index >= 15 is 0 Å². The number of ether oxygens (including phenoxy) is 2. The van der Waals surface area contributed by atoms with Crippen LogP contribution >= 0.6 is 0 Å². The van der Waals surface area contributed by atoms with Gasteiger partial charge in [0.1, 0.15) is 5.56 Å². The van der Waals surface area contributed by atoms with E-state index in [2.05, 4.69) is 10.3 Å². The molecular weight excluding hydrogens is 342 g/mol. The van der Waals surface area contributed by atoms with Crippen molar-refractivity contribution in [3.05, 3.63) is 57.8 Å². The third-order valence-electron chi connectivity index (χ3n) is 3.38. The predicted octanol–water partition coefficient (Wildman–Crippen LogP) is 2.49. The second kappa shape index (κ2) is 8.56. The number of amides is 1. The summed E-state index contributed by atoms with van der Waals surface area (Å²) in [5, 5.41) is 13.4. The highest BCUT2D eigenvalue weighted by Crippen LogP contribution is 2.25. The fourth-order valence-electron chi connectivity index (χ4n) is 2.15. The van der Waals surface area contributed by atoms with Crippen molar-refractivity contribution >= 4 is 23.3 Å². The average molecular weight is 359 g/mol. The Morgan fingerprint density at radius 3 is 2.73 bits per heavy atom. The van der Waals surface area contributed by atoms with Crippen LogP contribution in [0.1, 0.15) is 22.8 Å². The van der Waals surface area contributed by atoms with Gasteiger partial charge in [0.15, 0.2) is 6.61 Å². The molecule has 0 saturated carbocycles. The Bertz CT molecular complexity index is 837. The summed E-state index contributed by atoms with van der Waals surface area (Å²) in [7, 11) is 0. The van der Waals surface area contributed by atoms with E-state index in [9.17, 15) is 19.7 Å². The normalized spacial score (nSPS) is 10.1. The molecule has 1 amide bonds. The SMILES string of the molecule is CCOc1ncccc1C(=O)OCC(=O)Nc1cccc([N+](=O)[O-])c1C. The Labute approximate surface area is 149 Å². The maximum atomic E-state index is 12.1. The van der Waals surface area contributed by atoms with Crippen LogP contribution < -0.4 is 10.1 Å². The maximum absolute atomic E-state index is 12.1. The number of anilines is 1. The van der Waals surface area contributed by atoms with E-state index in [0.717, 1.165) is 0 Å². The van der Waals surface area contributed by atoms with Gasteiger partial charge in [-0.05, 0) is 32.0 Å². The van der Waals surface area contributed by atoms with Gasteiger partial charge in [0, 0.05) is 12.3 Å². The summed E-state index contributed by atoms with van der Waals surface area (Å²) < 4.78 is 10.2. The Hall–Kier alpha value is -3.49. The molecule has 0 fully saturated rings. The number of carbonyl (C=O) groups is 2. The summed E-state index contributed by atoms with van der Waals surface area (Å²) >= 11 is 0. The van der Waals surface area contributed by atoms with Gasteiger partial charge in [0.2, 0.25) is 5.88 Å². The highest BCUT2D eigenvalue weighted by atomic mass is 16.6. The molecule has 0 aliphatic carbocycles. The molecule has 0 aliphatic rings. The van der Waals surface area contributed by atoms with Gasteiger partial charge in [-0.1, -0.05) is 6.07 Å². The standard InChI is InChI=1S/C17H17N3O6/c1-3-25-16-12(6-5-9-18-16)17(22)26-10-15(21)19-13-7-4-8-14(11(13)2)20(23)24/h4-9H,3,10H2,1-2H3,(H,19,21). The number of benzene rings is 1. The van der Waals surface area contributed by atoms with Crippen LogP contribution in [0.2, 0.25) is 0 Å². The zero-order valence-corrected chi connectivity index (χ0v) is 14.2. The molecule has 0 atom stereocenters. The van der Waals surface area contributed by atoms with Crippen molar-refractivity contribution in [1.29, 1.82) is 0 Å². The number of aromatic nitrogens is 1. The molecular formula is C17H17N3O6. The number of nitrogens with one attached hydrogen (secondary N) is 1. The summed E-state index contributed by atoms with van der Waals surface area (Å²) in [6, 6.07) is 7.34. The van der Waals surface area contributed by atoms with E-state index in [1.807, 2.05) is 0 Å². The number of pyridine rings is 1. The van der Waals surface area contributed by atoms with Crippen LogP contribution in [0.4, 0.5) is 11.4 Å². The smallest absolute Gasteiger partial charge is 0.344 e. The van der Waals surface area contributed by atoms with Gasteiger partial charge in [0.25, 0.3) is 11.6 Å². The number of esters is 1. The Morgan fingerprint density at radius 2 is 2.04 bits per heavy atom. The Morgan fingerprint density at radius 1 is 1.27 bits per heavy atom. The van der Waals surface area contributed by atoms with Gasteiger partial charge in [-0.15, -0.1) is 0 Å². The van der Waals surface area contributed by atoms with Crippen LogP contribution in [0.3, 0.4) is 0 Å². The molecule has 0 radical (unpaired) electrons. The van der Waals surface area contributed by atoms with Gasteiger partial charge in [-0.2, -0.15) is 0 Å². The van der Waals surface area contributed by atoms with Crippen molar-refractivity contribution in [3.8, 4) is 5.88 Å². The lowest BCUT2D eigenvalue weighted by molar-refractivity contribution is -0.385. The lowest BCUT2D eigenvalue weighted by Crippen LogP contribution is -2.22. The van der Waals surface area contributed by atoms with Crippen molar-refractivity contribution in [1.82, 2.24) is 4.98 Å². The molecule has 1 heterocycles. The molecule has 26 heavy (non-hydrogen) atoms. The summed E-state index contributed by atoms with van der Waals surface area (Å²) in [4.78, 5) is 38.4. The highest BCUT2D eigenvalue weighted by molar-refractivity contribution is 5.97. The monoisotopic (exact) mass is 359 g/mol. The van der Waals surface area contributed by atoms with Gasteiger partial charge in [-0.3, -0.25) is 14.9 Å². The number of carbonyl (C=O) groups excluding carboxylic acids is 2. The predicted molar refractivity (Wildman–Crippen MR) is 92.2 cm³/mol. The van der Waals surface area contributed by atoms with Crippen LogP contribution in [0.15, 0.2) is 36.5 Å². The largest absolute Gasteiger partial charge is 0.477 e. The van der Waals surface area contributed by atoms with Gasteiger partial charge in [-0.25, -0.2) is 9.78 Å². The quantitative estimate of drug-likeness (QED) is 0.458. The van der Waals surface area contributed by atoms with Gasteiger partial charge >= 0.3 is 5.97 Å². The summed E-state index contributed by atoms with van der Waals surface area (Å²) in [6.45, 7) is 3.04. The molecule has 0 spiro atoms. The lowest BCUT2D eigenvalue weighted by atomic mass is 10.1. The van der Waals surface area contributed by atoms with E-state index < -0.39 is 23.4 Å². The summed E-state index contributed by atoms with van der Waals surface area (Å²) in [5.74, 6) is -1.26. The number of hydrogen-bond donors (Lipinski definition) is 1. The molecule has 0 aliphatic heterocycles. The molecule has 1 aromatic carbocycles. The second-order valence-electron chi connectivity index (χ2n) is 5.12. The van der Waals surface area contributed by atoms with E-state index in [1.54, 1.807) is 13.0 Å². The van der Waals surface area contributed by atoms with E-state index in [-0.39, 0.29) is 22.8 Å². The van der Waals surface area contributed by atoms with Crippen LogP contribution in [0.25, 0.3) is 0 Å². The lowest BCUT2D eigenvalue weighted by Gasteiger charge is -2.10. The zero-order chi connectivity index (χ0) is 19.1. The molecule has 9 nitrogen and oxygen atoms in total. The third kappa shape index (κ3) is 4.53. The number of rotatable bonds is 7. The minimum atomic E-state index is -0.757. The molecule has 0 bridgehead atoms. The fourth-order valence-corrected chi connectivity index (χ4v) is 2.15. The first-order chi connectivity index (χ1) is 12.4. The van der Waals surface area contributed by atoms with Gasteiger partial charge in [0.05, 0.1) is 22.8 Å². The molecule has 9 heteroatoms. The first-order valence-corrected chi connectivity index (χ1v) is 7.72. The number of nitro benzene ring substituents is 1. The van der Waals surface area contributed by atoms with Crippen molar-refractivity contribution in [2.75, 3.05) is 18.5 Å². The topological polar surface area (TPSA) is 121 Å². The van der Waals surface area contributed by atoms with Crippen LogP contribution in [-0.4, -0.2) is 35.0 Å². The number of hydrogen-bond acceptors (Lipinski definition) is 7. The van der Waals surface area contributed by atoms with Crippen molar-refractivity contribution in [2.45, 2.75) is 13.8 Å². The summed E-state index contributed by atoms with van der Waals surface area (Å²) in [5.41, 5.74) is 0.574. The van der Waals surface area contributed by atoms with Crippen molar-refractivity contribution in [3.63, 3.8) is 0 Å². The van der Waals surface area contributed by atoms with E-state index in [4.69, 9.17) is 9.47 Å². The van der Waals surface area contributed by atoms with Crippen LogP contribution in [-0.2, 0) is 9.53 Å². The van der Waals surface area contributed by atoms with Crippen LogP contribution in [0.5, 0.6) is 5.88 Å². The highest BCUT2D eigenvalue weighted by Gasteiger charge is 2.18. The molecule has 1 N–H and O–H groups in total. The molecule has 1 aromatic heterocycles. The number of nitro groups is 1. The Kier molecular flexibility index (Phi) is 6.20. The third-order valence-corrected chi connectivity index (χ3v) is 3.38. The fraction of sp³-hybridized carbons (Fsp3) is 0.235. The zero-order valence-electron chi connectivity index (χ0n) is 14.2. The van der Waals surface area contributed by atoms with E-state index in [1.165, 1.54) is 37.4 Å². The Balaban J connectivity index is 2.01. The molecule has 0 unspecified atom stereocenters. The van der Waals surface area contributed by atoms with Crippen LogP contribution in [0, 0.1) is 17.0 Å². The first kappa shape index (κ1) is 18.8. The molecule has 2 aromatic rings. The summed E-state index contributed by atoms with van der Waals surface area (Å²) in [6.07, 6.45) is 1.47. The van der Waals surface area contributed by atoms with Gasteiger partial charge < -0.3 is 14.8 Å².